The van der Waals surface area contributed by atoms with Gasteiger partial charge >= 0.3 is 0 Å². The van der Waals surface area contributed by atoms with E-state index < -0.39 is 23.9 Å². The summed E-state index contributed by atoms with van der Waals surface area (Å²) in [6.07, 6.45) is 0. The van der Waals surface area contributed by atoms with E-state index in [2.05, 4.69) is 15.9 Å². The lowest BCUT2D eigenvalue weighted by Gasteiger charge is -2.05. The summed E-state index contributed by atoms with van der Waals surface area (Å²) in [6, 6.07) is 1.02. The van der Waals surface area contributed by atoms with Gasteiger partial charge in [0.05, 0.1) is 16.6 Å². The third-order valence-corrected chi connectivity index (χ3v) is 2.00. The highest BCUT2D eigenvalue weighted by Crippen LogP contribution is 2.35. The number of halogens is 2. The maximum absolute atomic E-state index is 13.0. The van der Waals surface area contributed by atoms with E-state index >= 15 is 0 Å². The van der Waals surface area contributed by atoms with Crippen LogP contribution in [0.1, 0.15) is 5.56 Å². The number of hydrogen-bond acceptors (Lipinski definition) is 3. The van der Waals surface area contributed by atoms with E-state index in [-0.39, 0.29) is 10.0 Å². The largest absolute Gasteiger partial charge is 0.504 e. The molecule has 1 aromatic rings. The van der Waals surface area contributed by atoms with E-state index in [9.17, 15) is 4.39 Å². The number of aromatic hydroxyl groups is 2. The minimum absolute atomic E-state index is 0.00171. The number of rotatable bonds is 1. The van der Waals surface area contributed by atoms with Crippen LogP contribution < -0.4 is 0 Å². The van der Waals surface area contributed by atoms with E-state index in [0.29, 0.717) is 0 Å². The molecule has 12 heavy (non-hydrogen) atoms. The van der Waals surface area contributed by atoms with E-state index in [4.69, 9.17) is 15.3 Å². The molecule has 0 fully saturated rings. The van der Waals surface area contributed by atoms with Crippen LogP contribution in [0.5, 0.6) is 11.5 Å². The van der Waals surface area contributed by atoms with Gasteiger partial charge in [0.2, 0.25) is 0 Å². The topological polar surface area (TPSA) is 60.7 Å². The van der Waals surface area contributed by atoms with Crippen molar-refractivity contribution in [3.8, 4) is 11.5 Å². The van der Waals surface area contributed by atoms with Crippen molar-refractivity contribution in [2.75, 3.05) is 0 Å². The second kappa shape index (κ2) is 3.28. The van der Waals surface area contributed by atoms with Gasteiger partial charge in [0.1, 0.15) is 5.82 Å². The molecule has 0 heterocycles. The molecule has 0 unspecified atom stereocenters. The van der Waals surface area contributed by atoms with Gasteiger partial charge in [-0.15, -0.1) is 0 Å². The predicted molar refractivity (Wildman–Crippen MR) is 43.4 cm³/mol. The fourth-order valence-electron chi connectivity index (χ4n) is 0.799. The van der Waals surface area contributed by atoms with Crippen molar-refractivity contribution in [1.82, 2.24) is 0 Å². The third-order valence-electron chi connectivity index (χ3n) is 1.42. The normalized spacial score (nSPS) is 10.2. The second-order valence-electron chi connectivity index (χ2n) is 2.18. The molecule has 0 aliphatic heterocycles. The van der Waals surface area contributed by atoms with Gasteiger partial charge in [-0.25, -0.2) is 4.39 Å². The zero-order valence-corrected chi connectivity index (χ0v) is 7.47. The summed E-state index contributed by atoms with van der Waals surface area (Å²) < 4.78 is 13.0. The monoisotopic (exact) mass is 236 g/mol. The van der Waals surface area contributed by atoms with Crippen LogP contribution in [-0.2, 0) is 6.61 Å². The number of phenols is 2. The average Bonchev–Trinajstić information content (AvgIpc) is 2.02. The van der Waals surface area contributed by atoms with Gasteiger partial charge in [0.25, 0.3) is 0 Å². The predicted octanol–water partition coefficient (Wildman–Crippen LogP) is 1.49. The Kier molecular flexibility index (Phi) is 2.54. The van der Waals surface area contributed by atoms with Crippen molar-refractivity contribution in [1.29, 1.82) is 0 Å². The smallest absolute Gasteiger partial charge is 0.166 e. The molecule has 1 aromatic carbocycles. The fourth-order valence-corrected chi connectivity index (χ4v) is 1.25. The molecular formula is C7H6BrFO3. The SMILES string of the molecule is OCc1c(O)c(O)cc(Br)c1F. The lowest BCUT2D eigenvalue weighted by molar-refractivity contribution is 0.265. The average molecular weight is 237 g/mol. The summed E-state index contributed by atoms with van der Waals surface area (Å²) in [5.41, 5.74) is -0.318. The molecule has 3 nitrogen and oxygen atoms in total. The fraction of sp³-hybridized carbons (Fsp3) is 0.143. The van der Waals surface area contributed by atoms with Gasteiger partial charge in [-0.3, -0.25) is 0 Å². The van der Waals surface area contributed by atoms with Crippen LogP contribution in [0.15, 0.2) is 10.5 Å². The summed E-state index contributed by atoms with van der Waals surface area (Å²) in [6.45, 7) is -0.662. The molecule has 0 bridgehead atoms. The van der Waals surface area contributed by atoms with Crippen molar-refractivity contribution in [3.63, 3.8) is 0 Å². The van der Waals surface area contributed by atoms with Gasteiger partial charge < -0.3 is 15.3 Å². The van der Waals surface area contributed by atoms with Crippen molar-refractivity contribution in [2.24, 2.45) is 0 Å². The highest BCUT2D eigenvalue weighted by molar-refractivity contribution is 9.10. The van der Waals surface area contributed by atoms with Crippen LogP contribution in [-0.4, -0.2) is 15.3 Å². The maximum atomic E-state index is 13.0. The zero-order chi connectivity index (χ0) is 9.30. The van der Waals surface area contributed by atoms with Crippen LogP contribution in [0, 0.1) is 5.82 Å². The number of hydrogen-bond donors (Lipinski definition) is 3. The van der Waals surface area contributed by atoms with Crippen molar-refractivity contribution >= 4 is 15.9 Å². The maximum Gasteiger partial charge on any atom is 0.166 e. The van der Waals surface area contributed by atoms with Crippen molar-refractivity contribution in [2.45, 2.75) is 6.61 Å². The molecule has 0 saturated carbocycles. The minimum Gasteiger partial charge on any atom is -0.504 e. The van der Waals surface area contributed by atoms with Crippen molar-refractivity contribution < 1.29 is 19.7 Å². The lowest BCUT2D eigenvalue weighted by atomic mass is 10.2. The number of aliphatic hydroxyl groups excluding tert-OH is 1. The van der Waals surface area contributed by atoms with Crippen LogP contribution in [0.2, 0.25) is 0 Å². The zero-order valence-electron chi connectivity index (χ0n) is 5.88. The molecule has 0 atom stereocenters. The Morgan fingerprint density at radius 1 is 1.42 bits per heavy atom. The second-order valence-corrected chi connectivity index (χ2v) is 3.03. The first-order chi connectivity index (χ1) is 5.57. The molecule has 0 aromatic heterocycles. The molecule has 0 radical (unpaired) electrons. The van der Waals surface area contributed by atoms with Gasteiger partial charge in [-0.05, 0) is 15.9 Å². The molecular weight excluding hydrogens is 231 g/mol. The molecule has 5 heteroatoms. The van der Waals surface area contributed by atoms with E-state index in [1.807, 2.05) is 0 Å². The molecule has 0 aliphatic rings. The third kappa shape index (κ3) is 1.37. The van der Waals surface area contributed by atoms with Crippen LogP contribution in [0.25, 0.3) is 0 Å². The van der Waals surface area contributed by atoms with E-state index in [1.165, 1.54) is 0 Å². The van der Waals surface area contributed by atoms with Crippen LogP contribution in [0.3, 0.4) is 0 Å². The molecule has 0 aliphatic carbocycles. The summed E-state index contributed by atoms with van der Waals surface area (Å²) in [5.74, 6) is -1.86. The quantitative estimate of drug-likeness (QED) is 0.648. The molecule has 1 rings (SSSR count). The molecule has 3 N–H and O–H groups in total. The standard InChI is InChI=1S/C7H6BrFO3/c8-4-1-5(11)7(12)3(2-10)6(4)9/h1,10-12H,2H2. The molecule has 66 valence electrons. The molecule has 0 spiro atoms. The Balaban J connectivity index is 3.42. The van der Waals surface area contributed by atoms with Crippen molar-refractivity contribution in [3.05, 3.63) is 21.9 Å². The van der Waals surface area contributed by atoms with E-state index in [0.717, 1.165) is 6.07 Å². The highest BCUT2D eigenvalue weighted by Gasteiger charge is 2.14. The van der Waals surface area contributed by atoms with Gasteiger partial charge in [0.15, 0.2) is 11.5 Å². The summed E-state index contributed by atoms with van der Waals surface area (Å²) in [4.78, 5) is 0. The van der Waals surface area contributed by atoms with Crippen LogP contribution in [0.4, 0.5) is 4.39 Å². The number of aliphatic hydroxyl groups is 1. The molecule has 0 amide bonds. The lowest BCUT2D eigenvalue weighted by Crippen LogP contribution is -1.92. The Morgan fingerprint density at radius 3 is 2.50 bits per heavy atom. The number of benzene rings is 1. The summed E-state index contributed by atoms with van der Waals surface area (Å²) in [7, 11) is 0. The van der Waals surface area contributed by atoms with Crippen LogP contribution >= 0.6 is 15.9 Å². The minimum atomic E-state index is -0.771. The first kappa shape index (κ1) is 9.28. The van der Waals surface area contributed by atoms with Gasteiger partial charge in [-0.1, -0.05) is 0 Å². The van der Waals surface area contributed by atoms with Gasteiger partial charge in [0, 0.05) is 6.07 Å². The molecule has 0 saturated heterocycles. The first-order valence-electron chi connectivity index (χ1n) is 3.07. The first-order valence-corrected chi connectivity index (χ1v) is 3.87. The highest BCUT2D eigenvalue weighted by atomic mass is 79.9. The Morgan fingerprint density at radius 2 is 2.00 bits per heavy atom. The Labute approximate surface area is 76.2 Å². The summed E-state index contributed by atoms with van der Waals surface area (Å²) >= 11 is 2.81. The van der Waals surface area contributed by atoms with E-state index in [1.54, 1.807) is 0 Å². The Bertz CT molecular complexity index is 288. The summed E-state index contributed by atoms with van der Waals surface area (Å²) in [5, 5.41) is 26.6. The number of phenolic OH excluding ortho intramolecular Hbond substituents is 1. The Hall–Kier alpha value is -0.810. The van der Waals surface area contributed by atoms with Gasteiger partial charge in [-0.2, -0.15) is 0 Å².